The summed E-state index contributed by atoms with van der Waals surface area (Å²) in [5.74, 6) is -0.317. The summed E-state index contributed by atoms with van der Waals surface area (Å²) in [6.07, 6.45) is 0.425. The number of carbonyl (C=O) groups excluding carboxylic acids is 1. The third-order valence-corrected chi connectivity index (χ3v) is 3.70. The van der Waals surface area contributed by atoms with E-state index < -0.39 is 16.2 Å². The van der Waals surface area contributed by atoms with Gasteiger partial charge in [-0.3, -0.25) is 8.98 Å². The Bertz CT molecular complexity index is 555. The molecule has 1 saturated heterocycles. The van der Waals surface area contributed by atoms with Gasteiger partial charge in [0.05, 0.1) is 6.26 Å². The Labute approximate surface area is 114 Å². The number of rotatable bonds is 3. The molecule has 0 N–H and O–H groups in total. The lowest BCUT2D eigenvalue weighted by Crippen LogP contribution is -2.31. The molecule has 1 aromatic carbocycles. The second kappa shape index (κ2) is 4.99. The molecule has 0 spiro atoms. The first-order valence-corrected chi connectivity index (χ1v) is 7.93. The zero-order valence-corrected chi connectivity index (χ0v) is 12.1. The molecule has 0 aromatic heterocycles. The van der Waals surface area contributed by atoms with E-state index in [1.54, 1.807) is 12.1 Å². The SMILES string of the molecule is CS(=O)(=O)O[C@@H]1CCN(c2ccc(Br)cc2)C1=O. The predicted molar refractivity (Wildman–Crippen MR) is 70.8 cm³/mol. The van der Waals surface area contributed by atoms with Gasteiger partial charge in [-0.1, -0.05) is 15.9 Å². The van der Waals surface area contributed by atoms with Gasteiger partial charge in [-0.15, -0.1) is 0 Å². The Morgan fingerprint density at radius 2 is 1.94 bits per heavy atom. The predicted octanol–water partition coefficient (Wildman–Crippen LogP) is 1.53. The smallest absolute Gasteiger partial charge is 0.265 e. The van der Waals surface area contributed by atoms with Crippen LogP contribution < -0.4 is 4.90 Å². The molecule has 0 unspecified atom stereocenters. The first-order valence-electron chi connectivity index (χ1n) is 5.32. The van der Waals surface area contributed by atoms with E-state index in [2.05, 4.69) is 15.9 Å². The monoisotopic (exact) mass is 333 g/mol. The fraction of sp³-hybridized carbons (Fsp3) is 0.364. The third kappa shape index (κ3) is 3.09. The Morgan fingerprint density at radius 3 is 2.50 bits per heavy atom. The van der Waals surface area contributed by atoms with Crippen LogP contribution >= 0.6 is 15.9 Å². The molecule has 5 nitrogen and oxygen atoms in total. The molecule has 1 heterocycles. The van der Waals surface area contributed by atoms with E-state index in [1.807, 2.05) is 12.1 Å². The first kappa shape index (κ1) is 13.5. The average Bonchev–Trinajstić information content (AvgIpc) is 2.60. The Balaban J connectivity index is 2.14. The Hall–Kier alpha value is -0.920. The zero-order chi connectivity index (χ0) is 13.3. The van der Waals surface area contributed by atoms with Crippen LogP contribution in [0.3, 0.4) is 0 Å². The van der Waals surface area contributed by atoms with E-state index in [-0.39, 0.29) is 5.91 Å². The lowest BCUT2D eigenvalue weighted by Gasteiger charge is -2.16. The number of halogens is 1. The van der Waals surface area contributed by atoms with Gasteiger partial charge in [0, 0.05) is 23.1 Å². The molecule has 1 fully saturated rings. The lowest BCUT2D eigenvalue weighted by atomic mass is 10.3. The molecule has 98 valence electrons. The van der Waals surface area contributed by atoms with Gasteiger partial charge in [0.1, 0.15) is 0 Å². The Morgan fingerprint density at radius 1 is 1.33 bits per heavy atom. The minimum atomic E-state index is -3.61. The van der Waals surface area contributed by atoms with Gasteiger partial charge in [-0.2, -0.15) is 8.42 Å². The minimum absolute atomic E-state index is 0.317. The second-order valence-corrected chi connectivity index (χ2v) is 6.56. The maximum atomic E-state index is 12.0. The fourth-order valence-corrected chi connectivity index (χ4v) is 2.70. The van der Waals surface area contributed by atoms with Crippen LogP contribution in [0.2, 0.25) is 0 Å². The van der Waals surface area contributed by atoms with Crippen molar-refractivity contribution in [3.8, 4) is 0 Å². The number of nitrogens with zero attached hydrogens (tertiary/aromatic N) is 1. The normalized spacial score (nSPS) is 20.4. The van der Waals surface area contributed by atoms with Crippen molar-refractivity contribution in [1.82, 2.24) is 0 Å². The number of amides is 1. The van der Waals surface area contributed by atoms with Crippen molar-refractivity contribution in [2.45, 2.75) is 12.5 Å². The summed E-state index contributed by atoms with van der Waals surface area (Å²) in [7, 11) is -3.61. The molecule has 2 rings (SSSR count). The molecular formula is C11H12BrNO4S. The van der Waals surface area contributed by atoms with Gasteiger partial charge < -0.3 is 4.90 Å². The highest BCUT2D eigenvalue weighted by Gasteiger charge is 2.35. The molecule has 18 heavy (non-hydrogen) atoms. The molecule has 1 amide bonds. The standard InChI is InChI=1S/C11H12BrNO4S/c1-18(15,16)17-10-6-7-13(11(10)14)9-4-2-8(12)3-5-9/h2-5,10H,6-7H2,1H3/t10-/m1/s1. The van der Waals surface area contributed by atoms with Crippen molar-refractivity contribution in [3.63, 3.8) is 0 Å². The molecule has 0 aliphatic carbocycles. The van der Waals surface area contributed by atoms with Gasteiger partial charge in [0.15, 0.2) is 6.10 Å². The van der Waals surface area contributed by atoms with Gasteiger partial charge in [0.25, 0.3) is 16.0 Å². The number of benzene rings is 1. The lowest BCUT2D eigenvalue weighted by molar-refractivity contribution is -0.122. The number of carbonyl (C=O) groups is 1. The van der Waals surface area contributed by atoms with Gasteiger partial charge >= 0.3 is 0 Å². The molecule has 7 heteroatoms. The molecule has 1 aliphatic rings. The molecule has 0 saturated carbocycles. The fourth-order valence-electron chi connectivity index (χ4n) is 1.83. The van der Waals surface area contributed by atoms with Crippen molar-refractivity contribution in [1.29, 1.82) is 0 Å². The summed E-state index contributed by atoms with van der Waals surface area (Å²) in [5.41, 5.74) is 0.739. The average molecular weight is 334 g/mol. The number of hydrogen-bond acceptors (Lipinski definition) is 4. The van der Waals surface area contributed by atoms with E-state index in [1.165, 1.54) is 4.90 Å². The molecule has 0 radical (unpaired) electrons. The summed E-state index contributed by atoms with van der Waals surface area (Å²) >= 11 is 3.31. The highest BCUT2D eigenvalue weighted by atomic mass is 79.9. The van der Waals surface area contributed by atoms with E-state index in [0.717, 1.165) is 16.4 Å². The summed E-state index contributed by atoms with van der Waals surface area (Å²) in [5, 5.41) is 0. The summed E-state index contributed by atoms with van der Waals surface area (Å²) in [6.45, 7) is 0.459. The van der Waals surface area contributed by atoms with Crippen LogP contribution in [0.5, 0.6) is 0 Å². The van der Waals surface area contributed by atoms with Crippen LogP contribution in [0.4, 0.5) is 5.69 Å². The van der Waals surface area contributed by atoms with Crippen molar-refractivity contribution in [2.75, 3.05) is 17.7 Å². The number of hydrogen-bond donors (Lipinski definition) is 0. The van der Waals surface area contributed by atoms with E-state index in [4.69, 9.17) is 4.18 Å². The summed E-state index contributed by atoms with van der Waals surface area (Å²) < 4.78 is 27.7. The van der Waals surface area contributed by atoms with E-state index >= 15 is 0 Å². The number of anilines is 1. The van der Waals surface area contributed by atoms with E-state index in [0.29, 0.717) is 13.0 Å². The summed E-state index contributed by atoms with van der Waals surface area (Å²) in [6, 6.07) is 7.25. The first-order chi connectivity index (χ1) is 8.37. The topological polar surface area (TPSA) is 63.7 Å². The summed E-state index contributed by atoms with van der Waals surface area (Å²) in [4.78, 5) is 13.5. The van der Waals surface area contributed by atoms with Gasteiger partial charge in [-0.25, -0.2) is 0 Å². The largest absolute Gasteiger partial charge is 0.310 e. The molecule has 1 aliphatic heterocycles. The molecule has 0 bridgehead atoms. The quantitative estimate of drug-likeness (QED) is 0.787. The zero-order valence-electron chi connectivity index (χ0n) is 9.67. The van der Waals surface area contributed by atoms with Crippen LogP contribution in [0.25, 0.3) is 0 Å². The van der Waals surface area contributed by atoms with Crippen LogP contribution in [-0.2, 0) is 19.1 Å². The van der Waals surface area contributed by atoms with Gasteiger partial charge in [0.2, 0.25) is 0 Å². The molecule has 1 aromatic rings. The maximum absolute atomic E-state index is 12.0. The van der Waals surface area contributed by atoms with Gasteiger partial charge in [-0.05, 0) is 24.3 Å². The highest BCUT2D eigenvalue weighted by Crippen LogP contribution is 2.25. The van der Waals surface area contributed by atoms with Crippen LogP contribution in [0.1, 0.15) is 6.42 Å². The van der Waals surface area contributed by atoms with Crippen molar-refractivity contribution >= 4 is 37.6 Å². The van der Waals surface area contributed by atoms with Crippen LogP contribution in [0, 0.1) is 0 Å². The maximum Gasteiger partial charge on any atom is 0.265 e. The second-order valence-electron chi connectivity index (χ2n) is 4.04. The van der Waals surface area contributed by atoms with Crippen LogP contribution in [0.15, 0.2) is 28.7 Å². The minimum Gasteiger partial charge on any atom is -0.310 e. The Kier molecular flexibility index (Phi) is 3.74. The highest BCUT2D eigenvalue weighted by molar-refractivity contribution is 9.10. The van der Waals surface area contributed by atoms with Crippen LogP contribution in [-0.4, -0.2) is 33.2 Å². The molecule has 1 atom stereocenters. The van der Waals surface area contributed by atoms with Crippen molar-refractivity contribution in [2.24, 2.45) is 0 Å². The van der Waals surface area contributed by atoms with Crippen molar-refractivity contribution in [3.05, 3.63) is 28.7 Å². The van der Waals surface area contributed by atoms with E-state index in [9.17, 15) is 13.2 Å². The molecular weight excluding hydrogens is 322 g/mol. The third-order valence-electron chi connectivity index (χ3n) is 2.59. The van der Waals surface area contributed by atoms with Crippen molar-refractivity contribution < 1.29 is 17.4 Å².